The summed E-state index contributed by atoms with van der Waals surface area (Å²) < 4.78 is 0. The van der Waals surface area contributed by atoms with Crippen LogP contribution < -0.4 is 4.90 Å². The Balaban J connectivity index is 1.62. The molecule has 0 N–H and O–H groups in total. The van der Waals surface area contributed by atoms with Gasteiger partial charge in [0.25, 0.3) is 0 Å². The van der Waals surface area contributed by atoms with E-state index in [1.54, 1.807) is 0 Å². The van der Waals surface area contributed by atoms with Crippen molar-refractivity contribution in [2.45, 2.75) is 59.3 Å². The van der Waals surface area contributed by atoms with Gasteiger partial charge in [-0.1, -0.05) is 43.7 Å². The van der Waals surface area contributed by atoms with Crippen LogP contribution in [0, 0.1) is 19.8 Å². The summed E-state index contributed by atoms with van der Waals surface area (Å²) in [7, 11) is 0. The van der Waals surface area contributed by atoms with E-state index in [1.165, 1.54) is 16.7 Å². The third-order valence-electron chi connectivity index (χ3n) is 6.54. The zero-order valence-corrected chi connectivity index (χ0v) is 18.8. The molecule has 0 unspecified atom stereocenters. The number of carbonyl (C=O) groups excluding carboxylic acids is 1. The number of rotatable bonds is 6. The van der Waals surface area contributed by atoms with E-state index in [0.29, 0.717) is 17.7 Å². The number of hydrogen-bond acceptors (Lipinski definition) is 4. The molecule has 1 atom stereocenters. The Morgan fingerprint density at radius 2 is 1.87 bits per heavy atom. The standard InChI is InChI=1S/C25H34N4O/c1-5-18(3)23-26-19(4)22(16-20-8-6-7-17(2)15-20)24(27-23)28-11-13-29(14-12-28)25(30)21-9-10-21/h6-8,15,18,21H,5,9-14,16H2,1-4H3/t18-/m1/s1. The number of hydrogen-bond donors (Lipinski definition) is 0. The fraction of sp³-hybridized carbons (Fsp3) is 0.560. The summed E-state index contributed by atoms with van der Waals surface area (Å²) in [4.78, 5) is 26.9. The highest BCUT2D eigenvalue weighted by atomic mass is 16.2. The van der Waals surface area contributed by atoms with Crippen LogP contribution in [0.3, 0.4) is 0 Å². The van der Waals surface area contributed by atoms with Gasteiger partial charge in [-0.3, -0.25) is 4.79 Å². The van der Waals surface area contributed by atoms with Crippen molar-refractivity contribution >= 4 is 11.7 Å². The van der Waals surface area contributed by atoms with E-state index in [0.717, 1.165) is 69.2 Å². The van der Waals surface area contributed by atoms with Gasteiger partial charge in [0.2, 0.25) is 5.91 Å². The molecule has 0 bridgehead atoms. The van der Waals surface area contributed by atoms with E-state index in [1.807, 2.05) is 0 Å². The van der Waals surface area contributed by atoms with Gasteiger partial charge >= 0.3 is 0 Å². The zero-order valence-electron chi connectivity index (χ0n) is 18.8. The molecule has 0 spiro atoms. The maximum absolute atomic E-state index is 12.5. The van der Waals surface area contributed by atoms with Crippen LogP contribution in [0.1, 0.15) is 67.2 Å². The molecule has 1 aliphatic carbocycles. The number of aryl methyl sites for hydroxylation is 2. The summed E-state index contributed by atoms with van der Waals surface area (Å²) >= 11 is 0. The third-order valence-corrected chi connectivity index (χ3v) is 6.54. The topological polar surface area (TPSA) is 49.3 Å². The quantitative estimate of drug-likeness (QED) is 0.719. The molecule has 1 saturated carbocycles. The van der Waals surface area contributed by atoms with Crippen molar-refractivity contribution in [1.29, 1.82) is 0 Å². The maximum atomic E-state index is 12.5. The minimum atomic E-state index is 0.298. The summed E-state index contributed by atoms with van der Waals surface area (Å²) in [6.45, 7) is 11.9. The van der Waals surface area contributed by atoms with E-state index < -0.39 is 0 Å². The summed E-state index contributed by atoms with van der Waals surface area (Å²) in [5.41, 5.74) is 4.86. The van der Waals surface area contributed by atoms with Crippen molar-refractivity contribution in [3.8, 4) is 0 Å². The number of anilines is 1. The van der Waals surface area contributed by atoms with Crippen molar-refractivity contribution in [1.82, 2.24) is 14.9 Å². The van der Waals surface area contributed by atoms with Gasteiger partial charge in [-0.15, -0.1) is 0 Å². The van der Waals surface area contributed by atoms with Crippen molar-refractivity contribution < 1.29 is 4.79 Å². The molecular formula is C25H34N4O. The van der Waals surface area contributed by atoms with Crippen LogP contribution >= 0.6 is 0 Å². The molecule has 2 aliphatic rings. The molecule has 30 heavy (non-hydrogen) atoms. The lowest BCUT2D eigenvalue weighted by molar-refractivity contribution is -0.132. The number of benzene rings is 1. The first-order valence-electron chi connectivity index (χ1n) is 11.4. The minimum absolute atomic E-state index is 0.298. The van der Waals surface area contributed by atoms with E-state index in [2.05, 4.69) is 61.8 Å². The largest absolute Gasteiger partial charge is 0.353 e. The molecule has 1 aromatic heterocycles. The first kappa shape index (κ1) is 20.8. The fourth-order valence-corrected chi connectivity index (χ4v) is 4.23. The van der Waals surface area contributed by atoms with Crippen LogP contribution in [0.25, 0.3) is 0 Å². The first-order chi connectivity index (χ1) is 14.5. The van der Waals surface area contributed by atoms with E-state index in [4.69, 9.17) is 9.97 Å². The number of nitrogens with zero attached hydrogens (tertiary/aromatic N) is 4. The SMILES string of the molecule is CC[C@@H](C)c1nc(C)c(Cc2cccc(C)c2)c(N2CCN(C(=O)C3CC3)CC2)n1. The second-order valence-electron chi connectivity index (χ2n) is 9.03. The predicted molar refractivity (Wildman–Crippen MR) is 121 cm³/mol. The molecule has 0 radical (unpaired) electrons. The van der Waals surface area contributed by atoms with Gasteiger partial charge in [-0.05, 0) is 38.7 Å². The molecule has 2 heterocycles. The molecule has 1 amide bonds. The Morgan fingerprint density at radius 1 is 1.13 bits per heavy atom. The summed E-state index contributed by atoms with van der Waals surface area (Å²) in [6.07, 6.45) is 4.01. The minimum Gasteiger partial charge on any atom is -0.353 e. The molecule has 5 heteroatoms. The summed E-state index contributed by atoms with van der Waals surface area (Å²) in [5, 5.41) is 0. The van der Waals surface area contributed by atoms with Crippen LogP contribution in [-0.2, 0) is 11.2 Å². The van der Waals surface area contributed by atoms with Crippen LogP contribution in [0.5, 0.6) is 0 Å². The lowest BCUT2D eigenvalue weighted by Gasteiger charge is -2.37. The Morgan fingerprint density at radius 3 is 2.50 bits per heavy atom. The Kier molecular flexibility index (Phi) is 6.07. The van der Waals surface area contributed by atoms with Crippen molar-refractivity contribution in [3.05, 3.63) is 52.5 Å². The molecule has 1 saturated heterocycles. The summed E-state index contributed by atoms with van der Waals surface area (Å²) in [5.74, 6) is 3.00. The number of carbonyl (C=O) groups is 1. The average molecular weight is 407 g/mol. The van der Waals surface area contributed by atoms with Gasteiger partial charge in [0, 0.05) is 55.7 Å². The molecule has 2 aromatic rings. The van der Waals surface area contributed by atoms with Crippen molar-refractivity contribution in [2.24, 2.45) is 5.92 Å². The fourth-order valence-electron chi connectivity index (χ4n) is 4.23. The van der Waals surface area contributed by atoms with E-state index >= 15 is 0 Å². The van der Waals surface area contributed by atoms with Crippen molar-refractivity contribution in [3.63, 3.8) is 0 Å². The number of piperazine rings is 1. The molecule has 4 rings (SSSR count). The summed E-state index contributed by atoms with van der Waals surface area (Å²) in [6, 6.07) is 8.69. The lowest BCUT2D eigenvalue weighted by Crippen LogP contribution is -2.49. The van der Waals surface area contributed by atoms with E-state index in [-0.39, 0.29) is 0 Å². The van der Waals surface area contributed by atoms with Gasteiger partial charge < -0.3 is 9.80 Å². The van der Waals surface area contributed by atoms with E-state index in [9.17, 15) is 4.79 Å². The van der Waals surface area contributed by atoms with Gasteiger partial charge in [0.05, 0.1) is 0 Å². The van der Waals surface area contributed by atoms with Crippen LogP contribution in [0.15, 0.2) is 24.3 Å². The van der Waals surface area contributed by atoms with Crippen LogP contribution in [0.4, 0.5) is 5.82 Å². The maximum Gasteiger partial charge on any atom is 0.225 e. The second-order valence-corrected chi connectivity index (χ2v) is 9.03. The molecule has 160 valence electrons. The molecule has 1 aliphatic heterocycles. The zero-order chi connectivity index (χ0) is 21.3. The Bertz CT molecular complexity index is 913. The highest BCUT2D eigenvalue weighted by molar-refractivity contribution is 5.81. The highest BCUT2D eigenvalue weighted by Gasteiger charge is 2.35. The number of amides is 1. The van der Waals surface area contributed by atoms with Gasteiger partial charge in [0.1, 0.15) is 11.6 Å². The van der Waals surface area contributed by atoms with Crippen LogP contribution in [-0.4, -0.2) is 47.0 Å². The smallest absolute Gasteiger partial charge is 0.225 e. The van der Waals surface area contributed by atoms with Crippen LogP contribution in [0.2, 0.25) is 0 Å². The normalized spacial score (nSPS) is 17.9. The highest BCUT2D eigenvalue weighted by Crippen LogP contribution is 2.32. The number of aromatic nitrogens is 2. The van der Waals surface area contributed by atoms with Crippen molar-refractivity contribution in [2.75, 3.05) is 31.1 Å². The third kappa shape index (κ3) is 4.50. The first-order valence-corrected chi connectivity index (χ1v) is 11.4. The monoisotopic (exact) mass is 406 g/mol. The van der Waals surface area contributed by atoms with Gasteiger partial charge in [-0.25, -0.2) is 9.97 Å². The molecule has 2 fully saturated rings. The molecule has 1 aromatic carbocycles. The average Bonchev–Trinajstić information content (AvgIpc) is 3.59. The second kappa shape index (κ2) is 8.75. The molecular weight excluding hydrogens is 372 g/mol. The van der Waals surface area contributed by atoms with Gasteiger partial charge in [0.15, 0.2) is 0 Å². The Hall–Kier alpha value is -2.43. The molecule has 5 nitrogen and oxygen atoms in total. The lowest BCUT2D eigenvalue weighted by atomic mass is 10.0. The predicted octanol–water partition coefficient (Wildman–Crippen LogP) is 4.26. The van der Waals surface area contributed by atoms with Gasteiger partial charge in [-0.2, -0.15) is 0 Å². The Labute approximate surface area is 180 Å².